The van der Waals surface area contributed by atoms with Gasteiger partial charge in [0.1, 0.15) is 5.75 Å². The number of rotatable bonds is 7. The van der Waals surface area contributed by atoms with Crippen molar-refractivity contribution in [2.45, 2.75) is 6.54 Å². The van der Waals surface area contributed by atoms with Gasteiger partial charge in [-0.25, -0.2) is 4.79 Å². The number of non-ortho nitro benzene ring substituents is 2. The lowest BCUT2D eigenvalue weighted by Crippen LogP contribution is -2.27. The van der Waals surface area contributed by atoms with Gasteiger partial charge in [0.2, 0.25) is 6.79 Å². The third kappa shape index (κ3) is 5.43. The van der Waals surface area contributed by atoms with E-state index in [-0.39, 0.29) is 29.6 Å². The SMILES string of the molecule is O=C(Oc1ccc(/C=C2\SC(=O)N(Cc3cc4c(cc3Cl)OCO4)C2=O)cc1)c1cc([N+](=O)[O-])cc([N+](=O)[O-])c1. The summed E-state index contributed by atoms with van der Waals surface area (Å²) < 4.78 is 15.8. The summed E-state index contributed by atoms with van der Waals surface area (Å²) in [6, 6.07) is 11.5. The number of carbonyl (C=O) groups is 3. The number of benzene rings is 3. The third-order valence-corrected chi connectivity index (χ3v) is 6.95. The van der Waals surface area contributed by atoms with E-state index < -0.39 is 38.3 Å². The second-order valence-electron chi connectivity index (χ2n) is 8.28. The highest BCUT2D eigenvalue weighted by molar-refractivity contribution is 8.18. The van der Waals surface area contributed by atoms with Crippen LogP contribution < -0.4 is 14.2 Å². The van der Waals surface area contributed by atoms with Gasteiger partial charge in [-0.2, -0.15) is 0 Å². The molecule has 0 atom stereocenters. The molecule has 202 valence electrons. The first kappa shape index (κ1) is 26.6. The number of thioether (sulfide) groups is 1. The zero-order valence-corrected chi connectivity index (χ0v) is 21.5. The van der Waals surface area contributed by atoms with Crippen LogP contribution in [0.5, 0.6) is 17.2 Å². The topological polar surface area (TPSA) is 168 Å². The molecule has 0 radical (unpaired) electrons. The van der Waals surface area contributed by atoms with Crippen LogP contribution in [0, 0.1) is 20.2 Å². The summed E-state index contributed by atoms with van der Waals surface area (Å²) in [6.07, 6.45) is 1.49. The number of nitro benzene ring substituents is 2. The molecule has 0 bridgehead atoms. The molecule has 0 unspecified atom stereocenters. The maximum Gasteiger partial charge on any atom is 0.344 e. The van der Waals surface area contributed by atoms with Crippen molar-refractivity contribution in [3.05, 3.63) is 101 Å². The molecule has 1 saturated heterocycles. The molecule has 0 saturated carbocycles. The van der Waals surface area contributed by atoms with Crippen molar-refractivity contribution in [3.63, 3.8) is 0 Å². The number of halogens is 1. The molecule has 3 aromatic carbocycles. The average Bonchev–Trinajstić information content (AvgIpc) is 3.48. The number of hydrogen-bond donors (Lipinski definition) is 0. The monoisotopic (exact) mass is 583 g/mol. The molecule has 1 fully saturated rings. The van der Waals surface area contributed by atoms with Gasteiger partial charge in [-0.05, 0) is 47.2 Å². The van der Waals surface area contributed by atoms with E-state index in [0.29, 0.717) is 27.6 Å². The van der Waals surface area contributed by atoms with Gasteiger partial charge in [-0.15, -0.1) is 0 Å². The minimum atomic E-state index is -1.04. The minimum absolute atomic E-state index is 0.0434. The maximum atomic E-state index is 12.9. The summed E-state index contributed by atoms with van der Waals surface area (Å²) in [5, 5.41) is 22.0. The first-order chi connectivity index (χ1) is 19.1. The summed E-state index contributed by atoms with van der Waals surface area (Å²) in [4.78, 5) is 59.6. The van der Waals surface area contributed by atoms with Crippen LogP contribution >= 0.6 is 23.4 Å². The average molecular weight is 584 g/mol. The van der Waals surface area contributed by atoms with Crippen LogP contribution in [0.25, 0.3) is 6.08 Å². The van der Waals surface area contributed by atoms with E-state index in [9.17, 15) is 34.6 Å². The zero-order chi connectivity index (χ0) is 28.6. The van der Waals surface area contributed by atoms with Gasteiger partial charge in [0, 0.05) is 23.2 Å². The van der Waals surface area contributed by atoms with Crippen molar-refractivity contribution in [2.75, 3.05) is 6.79 Å². The fourth-order valence-corrected chi connectivity index (χ4v) is 4.81. The van der Waals surface area contributed by atoms with Crippen LogP contribution in [-0.4, -0.2) is 38.7 Å². The molecule has 0 N–H and O–H groups in total. The molecule has 40 heavy (non-hydrogen) atoms. The number of nitro groups is 2. The largest absolute Gasteiger partial charge is 0.454 e. The van der Waals surface area contributed by atoms with Crippen molar-refractivity contribution < 1.29 is 38.4 Å². The Morgan fingerprint density at radius 1 is 1.00 bits per heavy atom. The Labute approximate surface area is 233 Å². The highest BCUT2D eigenvalue weighted by atomic mass is 35.5. The first-order valence-corrected chi connectivity index (χ1v) is 12.4. The van der Waals surface area contributed by atoms with E-state index in [0.717, 1.165) is 34.9 Å². The van der Waals surface area contributed by atoms with Gasteiger partial charge in [-0.1, -0.05) is 23.7 Å². The Hall–Kier alpha value is -4.95. The van der Waals surface area contributed by atoms with E-state index in [1.54, 1.807) is 12.1 Å². The first-order valence-electron chi connectivity index (χ1n) is 11.2. The molecular weight excluding hydrogens is 570 g/mol. The van der Waals surface area contributed by atoms with Crippen molar-refractivity contribution in [3.8, 4) is 17.2 Å². The van der Waals surface area contributed by atoms with Gasteiger partial charge in [0.15, 0.2) is 11.5 Å². The number of ether oxygens (including phenoxy) is 3. The van der Waals surface area contributed by atoms with Crippen LogP contribution in [0.1, 0.15) is 21.5 Å². The van der Waals surface area contributed by atoms with E-state index in [2.05, 4.69) is 0 Å². The fourth-order valence-electron chi connectivity index (χ4n) is 3.76. The van der Waals surface area contributed by atoms with E-state index in [1.165, 1.54) is 30.3 Å². The van der Waals surface area contributed by atoms with Gasteiger partial charge < -0.3 is 14.2 Å². The Bertz CT molecular complexity index is 1610. The number of fused-ring (bicyclic) bond motifs is 1. The van der Waals surface area contributed by atoms with E-state index in [1.807, 2.05) is 0 Å². The lowest BCUT2D eigenvalue weighted by Gasteiger charge is -2.14. The second-order valence-corrected chi connectivity index (χ2v) is 9.68. The highest BCUT2D eigenvalue weighted by Gasteiger charge is 2.35. The van der Waals surface area contributed by atoms with E-state index in [4.69, 9.17) is 25.8 Å². The third-order valence-electron chi connectivity index (χ3n) is 5.69. The summed E-state index contributed by atoms with van der Waals surface area (Å²) in [5.41, 5.74) is -0.620. The smallest absolute Gasteiger partial charge is 0.344 e. The summed E-state index contributed by atoms with van der Waals surface area (Å²) in [6.45, 7) is -0.0170. The molecule has 0 spiro atoms. The Morgan fingerprint density at radius 3 is 2.25 bits per heavy atom. The molecule has 2 aliphatic rings. The quantitative estimate of drug-likeness (QED) is 0.116. The summed E-state index contributed by atoms with van der Waals surface area (Å²) >= 11 is 7.03. The van der Waals surface area contributed by atoms with Crippen LogP contribution in [0.2, 0.25) is 5.02 Å². The standard InChI is InChI=1S/C25H14ClN3O10S/c26-19-10-21-20(37-12-38-21)8-15(19)11-27-23(30)22(40-25(27)32)5-13-1-3-18(4-2-13)39-24(31)14-6-16(28(33)34)9-17(7-14)29(35)36/h1-10H,11-12H2/b22-5-. The maximum absolute atomic E-state index is 12.9. The molecule has 2 aliphatic heterocycles. The summed E-state index contributed by atoms with van der Waals surface area (Å²) in [5.74, 6) is -0.578. The van der Waals surface area contributed by atoms with Crippen molar-refractivity contribution in [2.24, 2.45) is 0 Å². The number of amides is 2. The number of esters is 1. The number of hydrogen-bond acceptors (Lipinski definition) is 11. The van der Waals surface area contributed by atoms with Crippen molar-refractivity contribution in [1.29, 1.82) is 0 Å². The van der Waals surface area contributed by atoms with Gasteiger partial charge in [0.05, 0.1) is 32.9 Å². The van der Waals surface area contributed by atoms with Gasteiger partial charge in [-0.3, -0.25) is 34.7 Å². The molecule has 0 aromatic heterocycles. The minimum Gasteiger partial charge on any atom is -0.454 e. The van der Waals surface area contributed by atoms with Crippen LogP contribution in [0.3, 0.4) is 0 Å². The van der Waals surface area contributed by atoms with Gasteiger partial charge in [0.25, 0.3) is 22.5 Å². The predicted octanol–water partition coefficient (Wildman–Crippen LogP) is 5.34. The fraction of sp³-hybridized carbons (Fsp3) is 0.0800. The Kier molecular flexibility index (Phi) is 7.11. The van der Waals surface area contributed by atoms with Crippen molar-refractivity contribution >= 4 is 57.9 Å². The molecule has 5 rings (SSSR count). The lowest BCUT2D eigenvalue weighted by atomic mass is 10.1. The number of carbonyl (C=O) groups excluding carboxylic acids is 3. The molecule has 13 nitrogen and oxygen atoms in total. The molecule has 2 amide bonds. The van der Waals surface area contributed by atoms with Crippen LogP contribution in [0.4, 0.5) is 16.2 Å². The highest BCUT2D eigenvalue weighted by Crippen LogP contribution is 2.39. The molecule has 0 aliphatic carbocycles. The van der Waals surface area contributed by atoms with Crippen LogP contribution in [0.15, 0.2) is 59.5 Å². The normalized spacial score (nSPS) is 15.0. The van der Waals surface area contributed by atoms with E-state index >= 15 is 0 Å². The zero-order valence-electron chi connectivity index (χ0n) is 19.9. The molecular formula is C25H14ClN3O10S. The van der Waals surface area contributed by atoms with Crippen molar-refractivity contribution in [1.82, 2.24) is 4.90 Å². The Morgan fingerprint density at radius 2 is 1.62 bits per heavy atom. The number of imide groups is 1. The number of nitrogens with zero attached hydrogens (tertiary/aromatic N) is 3. The van der Waals surface area contributed by atoms with Crippen LogP contribution in [-0.2, 0) is 11.3 Å². The molecule has 15 heteroatoms. The predicted molar refractivity (Wildman–Crippen MR) is 140 cm³/mol. The summed E-state index contributed by atoms with van der Waals surface area (Å²) in [7, 11) is 0. The van der Waals surface area contributed by atoms with Gasteiger partial charge >= 0.3 is 5.97 Å². The second kappa shape index (κ2) is 10.7. The Balaban J connectivity index is 1.28. The molecule has 2 heterocycles. The lowest BCUT2D eigenvalue weighted by molar-refractivity contribution is -0.394. The molecule has 3 aromatic rings.